The Kier molecular flexibility index (Phi) is 5.22. The molecule has 0 amide bonds. The van der Waals surface area contributed by atoms with Gasteiger partial charge < -0.3 is 10.2 Å². The Morgan fingerprint density at radius 3 is 2.45 bits per heavy atom. The third-order valence-electron chi connectivity index (χ3n) is 4.41. The largest absolute Gasteiger partial charge is 0.315 e. The molecule has 20 heavy (non-hydrogen) atoms. The minimum absolute atomic E-state index is 0.222. The standard InChI is InChI=1S/C18H30N2/c1-15(2)16-6-8-17(9-7-16)18(3,4)14-20-12-5-10-19-11-13-20/h6-9,15,19H,5,10-14H2,1-4H3. The Morgan fingerprint density at radius 2 is 1.80 bits per heavy atom. The van der Waals surface area contributed by atoms with E-state index in [2.05, 4.69) is 62.2 Å². The van der Waals surface area contributed by atoms with E-state index in [-0.39, 0.29) is 5.41 Å². The second-order valence-corrected chi connectivity index (χ2v) is 7.04. The molecule has 2 heteroatoms. The van der Waals surface area contributed by atoms with Crippen LogP contribution in [0.25, 0.3) is 0 Å². The maximum atomic E-state index is 3.48. The van der Waals surface area contributed by atoms with Gasteiger partial charge in [0.05, 0.1) is 0 Å². The lowest BCUT2D eigenvalue weighted by Gasteiger charge is -2.32. The Balaban J connectivity index is 2.04. The number of hydrogen-bond donors (Lipinski definition) is 1. The van der Waals surface area contributed by atoms with Gasteiger partial charge in [0.1, 0.15) is 0 Å². The van der Waals surface area contributed by atoms with Crippen molar-refractivity contribution in [2.75, 3.05) is 32.7 Å². The lowest BCUT2D eigenvalue weighted by Crippen LogP contribution is -2.38. The van der Waals surface area contributed by atoms with Gasteiger partial charge in [0, 0.05) is 25.0 Å². The molecule has 1 heterocycles. The summed E-state index contributed by atoms with van der Waals surface area (Å²) in [6, 6.07) is 9.24. The quantitative estimate of drug-likeness (QED) is 0.905. The Bertz CT molecular complexity index is 398. The van der Waals surface area contributed by atoms with Crippen LogP contribution in [0.4, 0.5) is 0 Å². The molecule has 0 bridgehead atoms. The highest BCUT2D eigenvalue weighted by Crippen LogP contribution is 2.26. The van der Waals surface area contributed by atoms with Crippen LogP contribution in [0.3, 0.4) is 0 Å². The molecule has 0 atom stereocenters. The highest BCUT2D eigenvalue weighted by Gasteiger charge is 2.24. The molecule has 1 fully saturated rings. The molecule has 1 aliphatic heterocycles. The van der Waals surface area contributed by atoms with Gasteiger partial charge in [-0.3, -0.25) is 0 Å². The molecule has 0 radical (unpaired) electrons. The number of benzene rings is 1. The molecule has 1 aromatic rings. The summed E-state index contributed by atoms with van der Waals surface area (Å²) in [7, 11) is 0. The van der Waals surface area contributed by atoms with Crippen molar-refractivity contribution in [3.63, 3.8) is 0 Å². The topological polar surface area (TPSA) is 15.3 Å². The first-order chi connectivity index (χ1) is 9.49. The van der Waals surface area contributed by atoms with Crippen LogP contribution in [0.5, 0.6) is 0 Å². The van der Waals surface area contributed by atoms with E-state index in [1.54, 1.807) is 0 Å². The fraction of sp³-hybridized carbons (Fsp3) is 0.667. The molecule has 0 spiro atoms. The zero-order valence-electron chi connectivity index (χ0n) is 13.6. The van der Waals surface area contributed by atoms with Crippen LogP contribution >= 0.6 is 0 Å². The van der Waals surface area contributed by atoms with Crippen molar-refractivity contribution in [1.82, 2.24) is 10.2 Å². The first-order valence-electron chi connectivity index (χ1n) is 8.02. The summed E-state index contributed by atoms with van der Waals surface area (Å²) in [5, 5.41) is 3.48. The zero-order valence-corrected chi connectivity index (χ0v) is 13.6. The molecule has 0 aliphatic carbocycles. The smallest absolute Gasteiger partial charge is 0.0107 e. The van der Waals surface area contributed by atoms with Gasteiger partial charge >= 0.3 is 0 Å². The van der Waals surface area contributed by atoms with E-state index in [0.717, 1.165) is 13.1 Å². The van der Waals surface area contributed by atoms with E-state index in [1.165, 1.54) is 37.2 Å². The van der Waals surface area contributed by atoms with E-state index >= 15 is 0 Å². The molecule has 2 nitrogen and oxygen atoms in total. The van der Waals surface area contributed by atoms with Crippen LogP contribution < -0.4 is 5.32 Å². The minimum atomic E-state index is 0.222. The van der Waals surface area contributed by atoms with Gasteiger partial charge in [-0.2, -0.15) is 0 Å². The molecular formula is C18H30N2. The van der Waals surface area contributed by atoms with Crippen molar-refractivity contribution in [2.24, 2.45) is 0 Å². The first-order valence-corrected chi connectivity index (χ1v) is 8.02. The van der Waals surface area contributed by atoms with Gasteiger partial charge in [-0.15, -0.1) is 0 Å². The van der Waals surface area contributed by atoms with E-state index in [0.29, 0.717) is 5.92 Å². The zero-order chi connectivity index (χ0) is 14.6. The summed E-state index contributed by atoms with van der Waals surface area (Å²) in [6.07, 6.45) is 1.27. The van der Waals surface area contributed by atoms with Gasteiger partial charge in [0.25, 0.3) is 0 Å². The third-order valence-corrected chi connectivity index (χ3v) is 4.41. The first kappa shape index (κ1) is 15.5. The SMILES string of the molecule is CC(C)c1ccc(C(C)(C)CN2CCCNCC2)cc1. The highest BCUT2D eigenvalue weighted by molar-refractivity contribution is 5.30. The van der Waals surface area contributed by atoms with Gasteiger partial charge in [0.2, 0.25) is 0 Å². The van der Waals surface area contributed by atoms with Crippen LogP contribution in [0, 0.1) is 0 Å². The Morgan fingerprint density at radius 1 is 1.10 bits per heavy atom. The molecule has 0 unspecified atom stereocenters. The summed E-state index contributed by atoms with van der Waals surface area (Å²) in [5.41, 5.74) is 3.11. The van der Waals surface area contributed by atoms with Crippen molar-refractivity contribution in [3.8, 4) is 0 Å². The van der Waals surface area contributed by atoms with Gasteiger partial charge in [-0.25, -0.2) is 0 Å². The Hall–Kier alpha value is -0.860. The van der Waals surface area contributed by atoms with E-state index < -0.39 is 0 Å². The van der Waals surface area contributed by atoms with Gasteiger partial charge in [-0.1, -0.05) is 52.0 Å². The fourth-order valence-corrected chi connectivity index (χ4v) is 3.03. The fourth-order valence-electron chi connectivity index (χ4n) is 3.03. The van der Waals surface area contributed by atoms with Crippen molar-refractivity contribution in [1.29, 1.82) is 0 Å². The molecule has 1 aliphatic rings. The maximum Gasteiger partial charge on any atom is 0.0107 e. The summed E-state index contributed by atoms with van der Waals surface area (Å²) in [6.45, 7) is 15.1. The lowest BCUT2D eigenvalue weighted by atomic mass is 9.83. The van der Waals surface area contributed by atoms with Crippen LogP contribution in [0.2, 0.25) is 0 Å². The van der Waals surface area contributed by atoms with Crippen molar-refractivity contribution in [3.05, 3.63) is 35.4 Å². The molecule has 0 aromatic heterocycles. The van der Waals surface area contributed by atoms with Gasteiger partial charge in [-0.05, 0) is 36.6 Å². The second kappa shape index (κ2) is 6.73. The van der Waals surface area contributed by atoms with Crippen LogP contribution in [-0.2, 0) is 5.41 Å². The predicted molar refractivity (Wildman–Crippen MR) is 87.5 cm³/mol. The highest BCUT2D eigenvalue weighted by atomic mass is 15.2. The summed E-state index contributed by atoms with van der Waals surface area (Å²) in [4.78, 5) is 2.61. The molecule has 1 N–H and O–H groups in total. The van der Waals surface area contributed by atoms with Crippen LogP contribution in [0.1, 0.15) is 51.2 Å². The molecule has 2 rings (SSSR count). The Labute approximate surface area is 124 Å². The van der Waals surface area contributed by atoms with E-state index in [9.17, 15) is 0 Å². The van der Waals surface area contributed by atoms with Crippen molar-refractivity contribution in [2.45, 2.75) is 45.4 Å². The average molecular weight is 274 g/mol. The molecule has 0 saturated carbocycles. The molecule has 112 valence electrons. The number of nitrogens with one attached hydrogen (secondary N) is 1. The number of hydrogen-bond acceptors (Lipinski definition) is 2. The van der Waals surface area contributed by atoms with Crippen molar-refractivity contribution >= 4 is 0 Å². The van der Waals surface area contributed by atoms with Crippen LogP contribution in [0.15, 0.2) is 24.3 Å². The summed E-state index contributed by atoms with van der Waals surface area (Å²) < 4.78 is 0. The molecular weight excluding hydrogens is 244 g/mol. The predicted octanol–water partition coefficient (Wildman–Crippen LogP) is 3.38. The van der Waals surface area contributed by atoms with Crippen molar-refractivity contribution < 1.29 is 0 Å². The van der Waals surface area contributed by atoms with Crippen LogP contribution in [-0.4, -0.2) is 37.6 Å². The lowest BCUT2D eigenvalue weighted by molar-refractivity contribution is 0.237. The molecule has 1 saturated heterocycles. The minimum Gasteiger partial charge on any atom is -0.315 e. The number of nitrogens with zero attached hydrogens (tertiary/aromatic N) is 1. The monoisotopic (exact) mass is 274 g/mol. The normalized spacial score (nSPS) is 18.2. The van der Waals surface area contributed by atoms with E-state index in [4.69, 9.17) is 0 Å². The third kappa shape index (κ3) is 4.07. The average Bonchev–Trinajstić information content (AvgIpc) is 2.67. The number of rotatable bonds is 4. The summed E-state index contributed by atoms with van der Waals surface area (Å²) >= 11 is 0. The maximum absolute atomic E-state index is 3.48. The summed E-state index contributed by atoms with van der Waals surface area (Å²) in [5.74, 6) is 0.615. The second-order valence-electron chi connectivity index (χ2n) is 7.04. The van der Waals surface area contributed by atoms with E-state index in [1.807, 2.05) is 0 Å². The molecule has 1 aromatic carbocycles. The van der Waals surface area contributed by atoms with Gasteiger partial charge in [0.15, 0.2) is 0 Å².